The van der Waals surface area contributed by atoms with Crippen LogP contribution in [0.15, 0.2) is 30.5 Å². The Hall–Kier alpha value is -2.71. The van der Waals surface area contributed by atoms with Crippen molar-refractivity contribution in [3.63, 3.8) is 0 Å². The van der Waals surface area contributed by atoms with E-state index >= 15 is 0 Å². The molecule has 1 aromatic heterocycles. The Labute approximate surface area is 178 Å². The van der Waals surface area contributed by atoms with Gasteiger partial charge in [-0.25, -0.2) is 9.37 Å². The molecule has 2 amide bonds. The Bertz CT molecular complexity index is 965. The largest absolute Gasteiger partial charge is 0.381 e. The minimum atomic E-state index is -0.434. The molecule has 0 spiro atoms. The van der Waals surface area contributed by atoms with Crippen LogP contribution >= 0.6 is 11.6 Å². The second kappa shape index (κ2) is 8.97. The number of pyridine rings is 1. The number of hydrogen-bond acceptors (Lipinski definition) is 5. The molecule has 0 bridgehead atoms. The first kappa shape index (κ1) is 20.6. The van der Waals surface area contributed by atoms with Gasteiger partial charge in [-0.05, 0) is 42.5 Å². The Balaban J connectivity index is 1.49. The van der Waals surface area contributed by atoms with E-state index in [1.54, 1.807) is 11.0 Å². The van der Waals surface area contributed by atoms with E-state index in [1.165, 1.54) is 24.4 Å². The summed E-state index contributed by atoms with van der Waals surface area (Å²) in [5.74, 6) is 0.100. The van der Waals surface area contributed by atoms with Gasteiger partial charge in [-0.2, -0.15) is 0 Å². The van der Waals surface area contributed by atoms with E-state index in [-0.39, 0.29) is 29.9 Å². The Morgan fingerprint density at radius 1 is 1.33 bits per heavy atom. The lowest BCUT2D eigenvalue weighted by atomic mass is 9.99. The number of nitrogens with zero attached hydrogens (tertiary/aromatic N) is 2. The van der Waals surface area contributed by atoms with Crippen molar-refractivity contribution in [3.8, 4) is 0 Å². The van der Waals surface area contributed by atoms with Gasteiger partial charge in [-0.1, -0.05) is 17.7 Å². The molecule has 3 heterocycles. The second-order valence-corrected chi connectivity index (χ2v) is 7.83. The lowest BCUT2D eigenvalue weighted by molar-refractivity contribution is -0.117. The van der Waals surface area contributed by atoms with E-state index < -0.39 is 5.82 Å². The predicted molar refractivity (Wildman–Crippen MR) is 111 cm³/mol. The Morgan fingerprint density at radius 3 is 2.90 bits per heavy atom. The lowest BCUT2D eigenvalue weighted by Crippen LogP contribution is -2.44. The quantitative estimate of drug-likeness (QED) is 0.758. The van der Waals surface area contributed by atoms with Crippen molar-refractivity contribution < 1.29 is 18.7 Å². The van der Waals surface area contributed by atoms with Gasteiger partial charge in [0.2, 0.25) is 5.91 Å². The maximum Gasteiger partial charge on any atom is 0.253 e. The summed E-state index contributed by atoms with van der Waals surface area (Å²) >= 11 is 6.02. The van der Waals surface area contributed by atoms with Gasteiger partial charge in [0, 0.05) is 37.5 Å². The summed E-state index contributed by atoms with van der Waals surface area (Å²) in [5, 5.41) is 6.01. The molecular weight excluding hydrogens is 411 g/mol. The minimum absolute atomic E-state index is 0.0496. The average molecular weight is 433 g/mol. The van der Waals surface area contributed by atoms with Crippen LogP contribution in [0.5, 0.6) is 0 Å². The van der Waals surface area contributed by atoms with Crippen molar-refractivity contribution in [1.29, 1.82) is 0 Å². The normalized spacial score (nSPS) is 16.7. The zero-order valence-corrected chi connectivity index (χ0v) is 17.0. The predicted octanol–water partition coefficient (Wildman–Crippen LogP) is 2.99. The molecule has 158 valence electrons. The molecule has 2 N–H and O–H groups in total. The van der Waals surface area contributed by atoms with Gasteiger partial charge in [-0.15, -0.1) is 0 Å². The number of benzene rings is 1. The molecule has 0 aliphatic carbocycles. The summed E-state index contributed by atoms with van der Waals surface area (Å²) in [6.45, 7) is 2.31. The van der Waals surface area contributed by atoms with Crippen LogP contribution in [-0.2, 0) is 16.1 Å². The highest BCUT2D eigenvalue weighted by atomic mass is 35.5. The number of aromatic nitrogens is 1. The highest BCUT2D eigenvalue weighted by Crippen LogP contribution is 2.30. The van der Waals surface area contributed by atoms with Crippen molar-refractivity contribution in [2.45, 2.75) is 19.4 Å². The van der Waals surface area contributed by atoms with E-state index in [0.29, 0.717) is 48.3 Å². The highest BCUT2D eigenvalue weighted by Gasteiger charge is 2.29. The smallest absolute Gasteiger partial charge is 0.253 e. The van der Waals surface area contributed by atoms with Gasteiger partial charge in [0.25, 0.3) is 5.91 Å². The van der Waals surface area contributed by atoms with Crippen LogP contribution in [0.3, 0.4) is 0 Å². The maximum atomic E-state index is 13.2. The SMILES string of the molecule is O=C(NCc1ccc(F)cc1Cl)c1cnc2c(c1)N(CC1CCOCC1)C(=O)CN2. The number of hydrogen-bond donors (Lipinski definition) is 2. The number of carbonyl (C=O) groups excluding carboxylic acids is 2. The summed E-state index contributed by atoms with van der Waals surface area (Å²) in [4.78, 5) is 31.2. The van der Waals surface area contributed by atoms with Crippen molar-refractivity contribution in [2.24, 2.45) is 5.92 Å². The third-order valence-electron chi connectivity index (χ3n) is 5.36. The number of carbonyl (C=O) groups is 2. The summed E-state index contributed by atoms with van der Waals surface area (Å²) < 4.78 is 18.6. The number of halogens is 2. The van der Waals surface area contributed by atoms with Gasteiger partial charge in [0.1, 0.15) is 11.6 Å². The van der Waals surface area contributed by atoms with Crippen LogP contribution in [-0.4, -0.2) is 43.1 Å². The molecule has 1 fully saturated rings. The van der Waals surface area contributed by atoms with Crippen molar-refractivity contribution in [3.05, 3.63) is 52.4 Å². The van der Waals surface area contributed by atoms with Crippen LogP contribution in [0.4, 0.5) is 15.9 Å². The monoisotopic (exact) mass is 432 g/mol. The number of ether oxygens (including phenoxy) is 1. The topological polar surface area (TPSA) is 83.6 Å². The van der Waals surface area contributed by atoms with Crippen LogP contribution < -0.4 is 15.5 Å². The average Bonchev–Trinajstić information content (AvgIpc) is 2.75. The van der Waals surface area contributed by atoms with Crippen LogP contribution in [0.1, 0.15) is 28.8 Å². The lowest BCUT2D eigenvalue weighted by Gasteiger charge is -2.33. The standard InChI is InChI=1S/C21H22ClFN4O3/c22-17-8-16(23)2-1-14(17)9-26-21(29)15-7-18-20(24-10-15)25-11-19(28)27(18)12-13-3-5-30-6-4-13/h1-2,7-8,10,13H,3-6,9,11-12H2,(H,24,25)(H,26,29). The zero-order chi connectivity index (χ0) is 21.1. The van der Waals surface area contributed by atoms with E-state index in [0.717, 1.165) is 12.8 Å². The summed E-state index contributed by atoms with van der Waals surface area (Å²) in [5.41, 5.74) is 1.54. The molecule has 1 saturated heterocycles. The van der Waals surface area contributed by atoms with Crippen LogP contribution in [0, 0.1) is 11.7 Å². The highest BCUT2D eigenvalue weighted by molar-refractivity contribution is 6.31. The first-order valence-electron chi connectivity index (χ1n) is 9.85. The van der Waals surface area contributed by atoms with Gasteiger partial charge in [-0.3, -0.25) is 9.59 Å². The molecule has 0 saturated carbocycles. The molecule has 9 heteroatoms. The molecule has 0 atom stereocenters. The molecule has 0 radical (unpaired) electrons. The van der Waals surface area contributed by atoms with E-state index in [2.05, 4.69) is 15.6 Å². The number of fused-ring (bicyclic) bond motifs is 1. The third kappa shape index (κ3) is 4.55. The van der Waals surface area contributed by atoms with Gasteiger partial charge in [0.15, 0.2) is 0 Å². The summed E-state index contributed by atoms with van der Waals surface area (Å²) in [6, 6.07) is 5.70. The fourth-order valence-electron chi connectivity index (χ4n) is 3.64. The molecular formula is C21H22ClFN4O3. The molecule has 4 rings (SSSR count). The first-order chi connectivity index (χ1) is 14.5. The molecule has 1 aromatic carbocycles. The maximum absolute atomic E-state index is 13.2. The molecule has 2 aliphatic rings. The van der Waals surface area contributed by atoms with E-state index in [9.17, 15) is 14.0 Å². The van der Waals surface area contributed by atoms with E-state index in [4.69, 9.17) is 16.3 Å². The van der Waals surface area contributed by atoms with Crippen LogP contribution in [0.2, 0.25) is 5.02 Å². The van der Waals surface area contributed by atoms with Crippen molar-refractivity contribution in [2.75, 3.05) is 36.5 Å². The van der Waals surface area contributed by atoms with Crippen molar-refractivity contribution >= 4 is 34.9 Å². The fourth-order valence-corrected chi connectivity index (χ4v) is 3.87. The third-order valence-corrected chi connectivity index (χ3v) is 5.72. The number of nitrogens with one attached hydrogen (secondary N) is 2. The summed E-state index contributed by atoms with van der Waals surface area (Å²) in [6.07, 6.45) is 3.27. The minimum Gasteiger partial charge on any atom is -0.381 e. The molecule has 7 nitrogen and oxygen atoms in total. The first-order valence-corrected chi connectivity index (χ1v) is 10.2. The Kier molecular flexibility index (Phi) is 6.15. The second-order valence-electron chi connectivity index (χ2n) is 7.42. The molecule has 2 aromatic rings. The van der Waals surface area contributed by atoms with Crippen molar-refractivity contribution in [1.82, 2.24) is 10.3 Å². The van der Waals surface area contributed by atoms with Crippen LogP contribution in [0.25, 0.3) is 0 Å². The zero-order valence-electron chi connectivity index (χ0n) is 16.3. The summed E-state index contributed by atoms with van der Waals surface area (Å²) in [7, 11) is 0. The number of amides is 2. The van der Waals surface area contributed by atoms with Gasteiger partial charge in [0.05, 0.1) is 17.8 Å². The fraction of sp³-hybridized carbons (Fsp3) is 0.381. The number of anilines is 2. The molecule has 30 heavy (non-hydrogen) atoms. The Morgan fingerprint density at radius 2 is 2.13 bits per heavy atom. The number of rotatable bonds is 5. The molecule has 2 aliphatic heterocycles. The van der Waals surface area contributed by atoms with Gasteiger partial charge < -0.3 is 20.3 Å². The molecule has 0 unspecified atom stereocenters. The van der Waals surface area contributed by atoms with E-state index in [1.807, 2.05) is 0 Å². The van der Waals surface area contributed by atoms with Gasteiger partial charge >= 0.3 is 0 Å².